The lowest BCUT2D eigenvalue weighted by atomic mass is 10.2. The second-order valence-corrected chi connectivity index (χ2v) is 4.58. The first kappa shape index (κ1) is 13.9. The Morgan fingerprint density at radius 1 is 1.59 bits per heavy atom. The van der Waals surface area contributed by atoms with Gasteiger partial charge < -0.3 is 5.11 Å². The highest BCUT2D eigenvalue weighted by molar-refractivity contribution is 6.31. The van der Waals surface area contributed by atoms with E-state index in [9.17, 15) is 4.79 Å². The number of rotatable bonds is 6. The molecular formula is C12H17ClN2O2. The maximum Gasteiger partial charge on any atom is 0.304 e. The second-order valence-electron chi connectivity index (χ2n) is 4.18. The molecule has 0 aliphatic heterocycles. The van der Waals surface area contributed by atoms with Gasteiger partial charge in [0.1, 0.15) is 0 Å². The van der Waals surface area contributed by atoms with Crippen molar-refractivity contribution in [2.24, 2.45) is 0 Å². The van der Waals surface area contributed by atoms with Gasteiger partial charge in [0.15, 0.2) is 0 Å². The van der Waals surface area contributed by atoms with Gasteiger partial charge in [-0.3, -0.25) is 14.7 Å². The number of hydrogen-bond acceptors (Lipinski definition) is 3. The second kappa shape index (κ2) is 6.57. The number of pyridine rings is 1. The molecule has 1 aromatic rings. The fourth-order valence-corrected chi connectivity index (χ4v) is 1.69. The van der Waals surface area contributed by atoms with E-state index in [-0.39, 0.29) is 12.5 Å². The van der Waals surface area contributed by atoms with Crippen molar-refractivity contribution in [3.63, 3.8) is 0 Å². The molecule has 0 aliphatic carbocycles. The van der Waals surface area contributed by atoms with Crippen molar-refractivity contribution >= 4 is 17.6 Å². The summed E-state index contributed by atoms with van der Waals surface area (Å²) in [4.78, 5) is 16.6. The maximum absolute atomic E-state index is 10.6. The molecule has 0 amide bonds. The van der Waals surface area contributed by atoms with Crippen LogP contribution in [-0.4, -0.2) is 33.5 Å². The van der Waals surface area contributed by atoms with E-state index < -0.39 is 5.97 Å². The van der Waals surface area contributed by atoms with Crippen LogP contribution in [0, 0.1) is 0 Å². The van der Waals surface area contributed by atoms with E-state index in [1.54, 1.807) is 12.4 Å². The lowest BCUT2D eigenvalue weighted by molar-refractivity contribution is -0.137. The molecule has 0 spiro atoms. The zero-order valence-electron chi connectivity index (χ0n) is 10.1. The third kappa shape index (κ3) is 4.71. The highest BCUT2D eigenvalue weighted by Gasteiger charge is 2.13. The molecule has 1 rings (SSSR count). The minimum absolute atomic E-state index is 0.140. The van der Waals surface area contributed by atoms with Gasteiger partial charge in [0, 0.05) is 31.5 Å². The predicted octanol–water partition coefficient (Wildman–Crippen LogP) is 2.42. The van der Waals surface area contributed by atoms with E-state index in [1.807, 2.05) is 19.9 Å². The van der Waals surface area contributed by atoms with Gasteiger partial charge in [-0.15, -0.1) is 0 Å². The van der Waals surface area contributed by atoms with Gasteiger partial charge >= 0.3 is 5.97 Å². The SMILES string of the molecule is CC(C)N(CCC(=O)O)Cc1ccncc1Cl. The summed E-state index contributed by atoms with van der Waals surface area (Å²) >= 11 is 6.03. The van der Waals surface area contributed by atoms with Crippen LogP contribution >= 0.6 is 11.6 Å². The molecule has 0 bridgehead atoms. The Kier molecular flexibility index (Phi) is 5.38. The number of nitrogens with zero attached hydrogens (tertiary/aromatic N) is 2. The Morgan fingerprint density at radius 2 is 2.29 bits per heavy atom. The van der Waals surface area contributed by atoms with Crippen LogP contribution in [-0.2, 0) is 11.3 Å². The molecule has 1 aromatic heterocycles. The monoisotopic (exact) mass is 256 g/mol. The molecule has 1 N–H and O–H groups in total. The molecule has 0 aliphatic rings. The van der Waals surface area contributed by atoms with Gasteiger partial charge in [0.05, 0.1) is 11.4 Å². The standard InChI is InChI=1S/C12H17ClN2O2/c1-9(2)15(6-4-12(16)17)8-10-3-5-14-7-11(10)13/h3,5,7,9H,4,6,8H2,1-2H3,(H,16,17). The molecule has 0 atom stereocenters. The number of hydrogen-bond donors (Lipinski definition) is 1. The van der Waals surface area contributed by atoms with Crippen molar-refractivity contribution < 1.29 is 9.90 Å². The largest absolute Gasteiger partial charge is 0.481 e. The van der Waals surface area contributed by atoms with Gasteiger partial charge in [-0.2, -0.15) is 0 Å². The highest BCUT2D eigenvalue weighted by atomic mass is 35.5. The predicted molar refractivity (Wildman–Crippen MR) is 67.0 cm³/mol. The zero-order chi connectivity index (χ0) is 12.8. The average molecular weight is 257 g/mol. The van der Waals surface area contributed by atoms with Crippen LogP contribution in [0.3, 0.4) is 0 Å². The highest BCUT2D eigenvalue weighted by Crippen LogP contribution is 2.17. The molecule has 0 fully saturated rings. The van der Waals surface area contributed by atoms with Crippen LogP contribution in [0.25, 0.3) is 0 Å². The van der Waals surface area contributed by atoms with Gasteiger partial charge in [-0.05, 0) is 25.5 Å². The lowest BCUT2D eigenvalue weighted by Gasteiger charge is -2.26. The van der Waals surface area contributed by atoms with E-state index in [0.29, 0.717) is 18.1 Å². The van der Waals surface area contributed by atoms with Crippen molar-refractivity contribution in [3.05, 3.63) is 29.0 Å². The summed E-state index contributed by atoms with van der Waals surface area (Å²) in [5, 5.41) is 9.32. The number of halogens is 1. The molecule has 0 saturated carbocycles. The van der Waals surface area contributed by atoms with E-state index in [0.717, 1.165) is 5.56 Å². The molecule has 4 nitrogen and oxygen atoms in total. The minimum Gasteiger partial charge on any atom is -0.481 e. The smallest absolute Gasteiger partial charge is 0.304 e. The summed E-state index contributed by atoms with van der Waals surface area (Å²) in [6, 6.07) is 2.14. The summed E-state index contributed by atoms with van der Waals surface area (Å²) in [7, 11) is 0. The van der Waals surface area contributed by atoms with Crippen LogP contribution in [0.2, 0.25) is 5.02 Å². The quantitative estimate of drug-likeness (QED) is 0.849. The molecule has 17 heavy (non-hydrogen) atoms. The Bertz CT molecular complexity index is 383. The number of carboxylic acid groups (broad SMARTS) is 1. The summed E-state index contributed by atoms with van der Waals surface area (Å²) in [5.74, 6) is -0.781. The van der Waals surface area contributed by atoms with Crippen molar-refractivity contribution in [1.29, 1.82) is 0 Å². The molecule has 5 heteroatoms. The summed E-state index contributed by atoms with van der Waals surface area (Å²) in [6.45, 7) is 5.24. The van der Waals surface area contributed by atoms with Gasteiger partial charge in [-0.1, -0.05) is 11.6 Å². The number of aliphatic carboxylic acids is 1. The number of aromatic nitrogens is 1. The van der Waals surface area contributed by atoms with Crippen LogP contribution in [0.15, 0.2) is 18.5 Å². The minimum atomic E-state index is -0.781. The lowest BCUT2D eigenvalue weighted by Crippen LogP contribution is -2.32. The van der Waals surface area contributed by atoms with Crippen LogP contribution in [0.4, 0.5) is 0 Å². The fourth-order valence-electron chi connectivity index (χ4n) is 1.51. The zero-order valence-corrected chi connectivity index (χ0v) is 10.8. The molecule has 94 valence electrons. The van der Waals surface area contributed by atoms with Crippen molar-refractivity contribution in [3.8, 4) is 0 Å². The normalized spacial score (nSPS) is 11.1. The first-order valence-electron chi connectivity index (χ1n) is 5.55. The molecule has 0 aromatic carbocycles. The Balaban J connectivity index is 2.67. The van der Waals surface area contributed by atoms with E-state index in [1.165, 1.54) is 0 Å². The molecule has 1 heterocycles. The first-order chi connectivity index (χ1) is 8.00. The first-order valence-corrected chi connectivity index (χ1v) is 5.92. The van der Waals surface area contributed by atoms with Crippen LogP contribution in [0.5, 0.6) is 0 Å². The van der Waals surface area contributed by atoms with E-state index in [4.69, 9.17) is 16.7 Å². The summed E-state index contributed by atoms with van der Waals surface area (Å²) < 4.78 is 0. The van der Waals surface area contributed by atoms with Crippen molar-refractivity contribution in [1.82, 2.24) is 9.88 Å². The average Bonchev–Trinajstić information content (AvgIpc) is 2.25. The Labute approximate surface area is 106 Å². The van der Waals surface area contributed by atoms with Crippen LogP contribution in [0.1, 0.15) is 25.8 Å². The fraction of sp³-hybridized carbons (Fsp3) is 0.500. The third-order valence-corrected chi connectivity index (χ3v) is 2.91. The molecule has 0 unspecified atom stereocenters. The van der Waals surface area contributed by atoms with Gasteiger partial charge in [-0.25, -0.2) is 0 Å². The van der Waals surface area contributed by atoms with Crippen molar-refractivity contribution in [2.75, 3.05) is 6.54 Å². The molecule has 0 radical (unpaired) electrons. The van der Waals surface area contributed by atoms with Gasteiger partial charge in [0.25, 0.3) is 0 Å². The van der Waals surface area contributed by atoms with Crippen molar-refractivity contribution in [2.45, 2.75) is 32.9 Å². The summed E-state index contributed by atoms with van der Waals surface area (Å²) in [6.07, 6.45) is 3.43. The number of carboxylic acids is 1. The van der Waals surface area contributed by atoms with Crippen LogP contribution < -0.4 is 0 Å². The van der Waals surface area contributed by atoms with E-state index >= 15 is 0 Å². The Hall–Kier alpha value is -1.13. The third-order valence-electron chi connectivity index (χ3n) is 2.57. The van der Waals surface area contributed by atoms with E-state index in [2.05, 4.69) is 9.88 Å². The topological polar surface area (TPSA) is 53.4 Å². The summed E-state index contributed by atoms with van der Waals surface area (Å²) in [5.41, 5.74) is 0.973. The Morgan fingerprint density at radius 3 is 2.82 bits per heavy atom. The van der Waals surface area contributed by atoms with Gasteiger partial charge in [0.2, 0.25) is 0 Å². The molecule has 0 saturated heterocycles. The number of carbonyl (C=O) groups is 1. The molecular weight excluding hydrogens is 240 g/mol. The maximum atomic E-state index is 10.6.